The van der Waals surface area contributed by atoms with Crippen molar-refractivity contribution >= 4 is 20.6 Å². The summed E-state index contributed by atoms with van der Waals surface area (Å²) in [5.41, 5.74) is 2.05. The van der Waals surface area contributed by atoms with Gasteiger partial charge in [0, 0.05) is 0 Å². The van der Waals surface area contributed by atoms with Crippen LogP contribution >= 0.6 is 0 Å². The highest BCUT2D eigenvalue weighted by Gasteiger charge is 2.14. The predicted molar refractivity (Wildman–Crippen MR) is 99.9 cm³/mol. The molecule has 0 aliphatic heterocycles. The van der Waals surface area contributed by atoms with E-state index in [0.29, 0.717) is 4.90 Å². The van der Waals surface area contributed by atoms with E-state index < -0.39 is 9.84 Å². The molecule has 0 spiro atoms. The topological polar surface area (TPSA) is 34.1 Å². The Labute approximate surface area is 143 Å². The number of hydrogen-bond acceptors (Lipinski definition) is 2. The summed E-state index contributed by atoms with van der Waals surface area (Å²) >= 11 is 0. The number of benzene rings is 3. The zero-order valence-electron chi connectivity index (χ0n) is 13.6. The molecule has 0 N–H and O–H groups in total. The molecule has 0 fully saturated rings. The smallest absolute Gasteiger partial charge is 0.182 e. The molecule has 24 heavy (non-hydrogen) atoms. The summed E-state index contributed by atoms with van der Waals surface area (Å²) in [6.07, 6.45) is 2.74. The van der Waals surface area contributed by atoms with Gasteiger partial charge in [0.2, 0.25) is 0 Å². The first-order valence-corrected chi connectivity index (χ1v) is 9.61. The Kier molecular flexibility index (Phi) is 4.81. The van der Waals surface area contributed by atoms with Crippen molar-refractivity contribution in [2.75, 3.05) is 5.75 Å². The third-order valence-electron chi connectivity index (χ3n) is 4.02. The second-order valence-electron chi connectivity index (χ2n) is 6.01. The van der Waals surface area contributed by atoms with E-state index >= 15 is 0 Å². The van der Waals surface area contributed by atoms with Crippen molar-refractivity contribution in [3.8, 4) is 0 Å². The molecular formula is C21H20O2S. The average Bonchev–Trinajstić information content (AvgIpc) is 2.60. The predicted octanol–water partition coefficient (Wildman–Crippen LogP) is 4.80. The van der Waals surface area contributed by atoms with Crippen LogP contribution in [0.1, 0.15) is 12.5 Å². The van der Waals surface area contributed by atoms with Gasteiger partial charge in [-0.15, -0.1) is 0 Å². The Morgan fingerprint density at radius 1 is 0.875 bits per heavy atom. The third kappa shape index (κ3) is 3.92. The minimum absolute atomic E-state index is 0.0601. The quantitative estimate of drug-likeness (QED) is 0.627. The number of sulfone groups is 1. The summed E-state index contributed by atoms with van der Waals surface area (Å²) in [7, 11) is -3.27. The van der Waals surface area contributed by atoms with Crippen molar-refractivity contribution in [2.45, 2.75) is 18.2 Å². The lowest BCUT2D eigenvalue weighted by atomic mass is 10.0. The van der Waals surface area contributed by atoms with Gasteiger partial charge in [-0.1, -0.05) is 72.3 Å². The number of hydrogen-bond donors (Lipinski definition) is 0. The van der Waals surface area contributed by atoms with E-state index in [2.05, 4.69) is 30.3 Å². The largest absolute Gasteiger partial charge is 0.223 e. The summed E-state index contributed by atoms with van der Waals surface area (Å²) in [5.74, 6) is 0.0601. The molecule has 0 aliphatic rings. The molecule has 122 valence electrons. The Hall–Kier alpha value is -2.39. The van der Waals surface area contributed by atoms with Crippen LogP contribution in [0.5, 0.6) is 0 Å². The lowest BCUT2D eigenvalue weighted by Crippen LogP contribution is -2.07. The number of rotatable bonds is 5. The zero-order chi connectivity index (χ0) is 17.0. The van der Waals surface area contributed by atoms with E-state index in [1.807, 2.05) is 31.2 Å². The molecule has 0 saturated heterocycles. The minimum Gasteiger partial charge on any atom is -0.223 e. The van der Waals surface area contributed by atoms with Crippen LogP contribution in [-0.4, -0.2) is 14.2 Å². The van der Waals surface area contributed by atoms with Gasteiger partial charge in [-0.25, -0.2) is 8.42 Å². The molecule has 0 atom stereocenters. The van der Waals surface area contributed by atoms with Crippen molar-refractivity contribution < 1.29 is 8.42 Å². The molecule has 3 rings (SSSR count). The van der Waals surface area contributed by atoms with Crippen LogP contribution in [0.4, 0.5) is 0 Å². The first kappa shape index (κ1) is 16.5. The van der Waals surface area contributed by atoms with Crippen molar-refractivity contribution in [1.82, 2.24) is 0 Å². The standard InChI is InChI=1S/C21H20O2S/c1-17(16-24(22,23)21-9-3-2-4-10-21)11-12-18-13-14-19-7-5-6-8-20(19)15-18/h2-11,13-15H,12,16H2,1H3. The van der Waals surface area contributed by atoms with Crippen molar-refractivity contribution in [1.29, 1.82) is 0 Å². The second-order valence-corrected chi connectivity index (χ2v) is 8.00. The molecule has 0 heterocycles. The molecule has 0 amide bonds. The molecule has 0 aliphatic carbocycles. The van der Waals surface area contributed by atoms with Crippen LogP contribution in [0, 0.1) is 0 Å². The summed E-state index contributed by atoms with van der Waals surface area (Å²) in [6, 6.07) is 23.2. The monoisotopic (exact) mass is 336 g/mol. The van der Waals surface area contributed by atoms with Crippen LogP contribution in [0.2, 0.25) is 0 Å². The van der Waals surface area contributed by atoms with Gasteiger partial charge in [-0.3, -0.25) is 0 Å². The fourth-order valence-electron chi connectivity index (χ4n) is 2.73. The molecular weight excluding hydrogens is 316 g/mol. The first-order valence-electron chi connectivity index (χ1n) is 7.96. The number of fused-ring (bicyclic) bond motifs is 1. The third-order valence-corrected chi connectivity index (χ3v) is 5.85. The highest BCUT2D eigenvalue weighted by atomic mass is 32.2. The molecule has 3 aromatic carbocycles. The van der Waals surface area contributed by atoms with Gasteiger partial charge in [0.05, 0.1) is 10.6 Å². The van der Waals surface area contributed by atoms with Crippen LogP contribution < -0.4 is 0 Å². The lowest BCUT2D eigenvalue weighted by molar-refractivity contribution is 0.598. The molecule has 3 heteroatoms. The molecule has 0 radical (unpaired) electrons. The van der Waals surface area contributed by atoms with Gasteiger partial charge >= 0.3 is 0 Å². The molecule has 3 aromatic rings. The maximum Gasteiger partial charge on any atom is 0.182 e. The fourth-order valence-corrected chi connectivity index (χ4v) is 4.18. The lowest BCUT2D eigenvalue weighted by Gasteiger charge is -2.06. The van der Waals surface area contributed by atoms with Gasteiger partial charge < -0.3 is 0 Å². The summed E-state index contributed by atoms with van der Waals surface area (Å²) in [6.45, 7) is 1.88. The van der Waals surface area contributed by atoms with Crippen LogP contribution in [0.15, 0.2) is 89.3 Å². The number of allylic oxidation sites excluding steroid dienone is 1. The second kappa shape index (κ2) is 7.02. The minimum atomic E-state index is -3.27. The maximum absolute atomic E-state index is 12.4. The van der Waals surface area contributed by atoms with Gasteiger partial charge in [-0.05, 0) is 41.8 Å². The summed E-state index contributed by atoms with van der Waals surface area (Å²) < 4.78 is 24.8. The van der Waals surface area contributed by atoms with E-state index in [9.17, 15) is 8.42 Å². The molecule has 0 unspecified atom stereocenters. The first-order chi connectivity index (χ1) is 11.5. The summed E-state index contributed by atoms with van der Waals surface area (Å²) in [5, 5.41) is 2.42. The van der Waals surface area contributed by atoms with Crippen molar-refractivity contribution in [3.63, 3.8) is 0 Å². The maximum atomic E-state index is 12.4. The van der Waals surface area contributed by atoms with Gasteiger partial charge in [0.25, 0.3) is 0 Å². The molecule has 0 saturated carbocycles. The van der Waals surface area contributed by atoms with E-state index in [0.717, 1.165) is 12.0 Å². The van der Waals surface area contributed by atoms with E-state index in [1.54, 1.807) is 24.3 Å². The molecule has 2 nitrogen and oxygen atoms in total. The van der Waals surface area contributed by atoms with Gasteiger partial charge in [0.1, 0.15) is 0 Å². The molecule has 0 aromatic heterocycles. The highest BCUT2D eigenvalue weighted by Crippen LogP contribution is 2.17. The Balaban J connectivity index is 1.73. The highest BCUT2D eigenvalue weighted by molar-refractivity contribution is 7.91. The normalized spacial score (nSPS) is 12.5. The summed E-state index contributed by atoms with van der Waals surface area (Å²) in [4.78, 5) is 0.378. The Morgan fingerprint density at radius 2 is 1.54 bits per heavy atom. The van der Waals surface area contributed by atoms with E-state index in [-0.39, 0.29) is 5.75 Å². The van der Waals surface area contributed by atoms with Gasteiger partial charge in [-0.2, -0.15) is 0 Å². The van der Waals surface area contributed by atoms with E-state index in [1.165, 1.54) is 16.3 Å². The van der Waals surface area contributed by atoms with Gasteiger partial charge in [0.15, 0.2) is 9.84 Å². The zero-order valence-corrected chi connectivity index (χ0v) is 14.5. The van der Waals surface area contributed by atoms with Crippen LogP contribution in [0.25, 0.3) is 10.8 Å². The molecule has 0 bridgehead atoms. The van der Waals surface area contributed by atoms with Crippen LogP contribution in [0.3, 0.4) is 0 Å². The van der Waals surface area contributed by atoms with Crippen molar-refractivity contribution in [2.24, 2.45) is 0 Å². The van der Waals surface area contributed by atoms with Crippen LogP contribution in [-0.2, 0) is 16.3 Å². The van der Waals surface area contributed by atoms with E-state index in [4.69, 9.17) is 0 Å². The SMILES string of the molecule is CC(=CCc1ccc2ccccc2c1)CS(=O)(=O)c1ccccc1. The fraction of sp³-hybridized carbons (Fsp3) is 0.143. The average molecular weight is 336 g/mol. The Bertz CT molecular complexity index is 971. The van der Waals surface area contributed by atoms with Crippen molar-refractivity contribution in [3.05, 3.63) is 90.0 Å². The Morgan fingerprint density at radius 3 is 2.29 bits per heavy atom.